The Bertz CT molecular complexity index is 345. The zero-order chi connectivity index (χ0) is 12.8. The van der Waals surface area contributed by atoms with Crippen LogP contribution in [0.5, 0.6) is 0 Å². The Labute approximate surface area is 111 Å². The molecule has 0 radical (unpaired) electrons. The Kier molecular flexibility index (Phi) is 5.21. The average Bonchev–Trinajstić information content (AvgIpc) is 2.86. The van der Waals surface area contributed by atoms with Crippen molar-refractivity contribution in [1.29, 1.82) is 0 Å². The minimum Gasteiger partial charge on any atom is -0.313 e. The molecular formula is C16H26N2. The third-order valence-corrected chi connectivity index (χ3v) is 3.96. The first-order chi connectivity index (χ1) is 8.81. The minimum absolute atomic E-state index is 0.929. The fourth-order valence-electron chi connectivity index (χ4n) is 2.68. The number of hydrogen-bond donors (Lipinski definition) is 1. The predicted molar refractivity (Wildman–Crippen MR) is 77.5 cm³/mol. The first-order valence-corrected chi connectivity index (χ1v) is 7.32. The molecule has 1 aliphatic heterocycles. The summed E-state index contributed by atoms with van der Waals surface area (Å²) >= 11 is 0. The van der Waals surface area contributed by atoms with Crippen molar-refractivity contribution >= 4 is 0 Å². The standard InChI is InChI=1S/C16H26N2/c1-3-14-9-10-18(12-14)13-16-7-5-15(6-8-16)11-17-4-2/h5-8,14,17H,3-4,9-13H2,1-2H3. The second-order valence-corrected chi connectivity index (χ2v) is 5.39. The van der Waals surface area contributed by atoms with Gasteiger partial charge in [0.2, 0.25) is 0 Å². The quantitative estimate of drug-likeness (QED) is 0.830. The van der Waals surface area contributed by atoms with Crippen molar-refractivity contribution in [3.8, 4) is 0 Å². The monoisotopic (exact) mass is 246 g/mol. The van der Waals surface area contributed by atoms with Crippen LogP contribution in [0.4, 0.5) is 0 Å². The van der Waals surface area contributed by atoms with Crippen molar-refractivity contribution in [1.82, 2.24) is 10.2 Å². The molecule has 2 heteroatoms. The van der Waals surface area contributed by atoms with Crippen LogP contribution in [0.25, 0.3) is 0 Å². The van der Waals surface area contributed by atoms with Gasteiger partial charge in [-0.3, -0.25) is 4.90 Å². The summed E-state index contributed by atoms with van der Waals surface area (Å²) < 4.78 is 0. The first kappa shape index (κ1) is 13.6. The average molecular weight is 246 g/mol. The molecule has 0 aliphatic carbocycles. The van der Waals surface area contributed by atoms with Crippen LogP contribution in [0.15, 0.2) is 24.3 Å². The smallest absolute Gasteiger partial charge is 0.0233 e. The van der Waals surface area contributed by atoms with Gasteiger partial charge in [0.15, 0.2) is 0 Å². The molecule has 1 fully saturated rings. The number of likely N-dealkylation sites (tertiary alicyclic amines) is 1. The molecule has 2 rings (SSSR count). The second-order valence-electron chi connectivity index (χ2n) is 5.39. The summed E-state index contributed by atoms with van der Waals surface area (Å²) in [6.45, 7) is 10.2. The molecule has 0 amide bonds. The molecule has 0 bridgehead atoms. The molecule has 1 aromatic rings. The summed E-state index contributed by atoms with van der Waals surface area (Å²) in [6.07, 6.45) is 2.72. The molecule has 0 saturated carbocycles. The van der Waals surface area contributed by atoms with Gasteiger partial charge in [0.25, 0.3) is 0 Å². The molecule has 1 aromatic carbocycles. The first-order valence-electron chi connectivity index (χ1n) is 7.32. The molecule has 1 aliphatic rings. The summed E-state index contributed by atoms with van der Waals surface area (Å²) in [6, 6.07) is 9.08. The van der Waals surface area contributed by atoms with Gasteiger partial charge in [-0.1, -0.05) is 44.5 Å². The second kappa shape index (κ2) is 6.91. The number of benzene rings is 1. The van der Waals surface area contributed by atoms with E-state index in [0.29, 0.717) is 0 Å². The zero-order valence-electron chi connectivity index (χ0n) is 11.8. The number of rotatable bonds is 6. The molecule has 0 aromatic heterocycles. The highest BCUT2D eigenvalue weighted by atomic mass is 15.1. The van der Waals surface area contributed by atoms with Crippen molar-refractivity contribution in [2.45, 2.75) is 39.8 Å². The highest BCUT2D eigenvalue weighted by molar-refractivity contribution is 5.22. The summed E-state index contributed by atoms with van der Waals surface area (Å²) in [5, 5.41) is 3.36. The van der Waals surface area contributed by atoms with Gasteiger partial charge in [0.1, 0.15) is 0 Å². The Hall–Kier alpha value is -0.860. The van der Waals surface area contributed by atoms with E-state index in [1.54, 1.807) is 0 Å². The highest BCUT2D eigenvalue weighted by Crippen LogP contribution is 2.21. The predicted octanol–water partition coefficient (Wildman–Crippen LogP) is 3.03. The highest BCUT2D eigenvalue weighted by Gasteiger charge is 2.20. The van der Waals surface area contributed by atoms with Gasteiger partial charge in [0.05, 0.1) is 0 Å². The molecule has 1 atom stereocenters. The largest absolute Gasteiger partial charge is 0.313 e. The normalized spacial score (nSPS) is 20.4. The third-order valence-electron chi connectivity index (χ3n) is 3.96. The van der Waals surface area contributed by atoms with E-state index in [2.05, 4.69) is 48.3 Å². The maximum Gasteiger partial charge on any atom is 0.0233 e. The maximum atomic E-state index is 3.36. The molecule has 100 valence electrons. The van der Waals surface area contributed by atoms with Gasteiger partial charge < -0.3 is 5.32 Å². The van der Waals surface area contributed by atoms with Crippen LogP contribution in [0.1, 0.15) is 37.8 Å². The topological polar surface area (TPSA) is 15.3 Å². The van der Waals surface area contributed by atoms with Gasteiger partial charge in [-0.2, -0.15) is 0 Å². The molecule has 0 spiro atoms. The van der Waals surface area contributed by atoms with Crippen LogP contribution >= 0.6 is 0 Å². The number of hydrogen-bond acceptors (Lipinski definition) is 2. The fraction of sp³-hybridized carbons (Fsp3) is 0.625. The number of nitrogens with zero attached hydrogens (tertiary/aromatic N) is 1. The zero-order valence-corrected chi connectivity index (χ0v) is 11.8. The van der Waals surface area contributed by atoms with E-state index in [1.165, 1.54) is 37.1 Å². The Balaban J connectivity index is 1.83. The van der Waals surface area contributed by atoms with Crippen molar-refractivity contribution < 1.29 is 0 Å². The lowest BCUT2D eigenvalue weighted by molar-refractivity contribution is 0.315. The van der Waals surface area contributed by atoms with Crippen molar-refractivity contribution in [2.75, 3.05) is 19.6 Å². The molecular weight excluding hydrogens is 220 g/mol. The summed E-state index contributed by atoms with van der Waals surface area (Å²) in [5.41, 5.74) is 2.83. The summed E-state index contributed by atoms with van der Waals surface area (Å²) in [5.74, 6) is 0.929. The van der Waals surface area contributed by atoms with Gasteiger partial charge in [-0.25, -0.2) is 0 Å². The Morgan fingerprint density at radius 3 is 2.50 bits per heavy atom. The molecule has 1 heterocycles. The Morgan fingerprint density at radius 1 is 1.17 bits per heavy atom. The van der Waals surface area contributed by atoms with Crippen LogP contribution in [-0.4, -0.2) is 24.5 Å². The van der Waals surface area contributed by atoms with Crippen LogP contribution in [0, 0.1) is 5.92 Å². The van der Waals surface area contributed by atoms with E-state index in [0.717, 1.165) is 25.6 Å². The van der Waals surface area contributed by atoms with E-state index >= 15 is 0 Å². The lowest BCUT2D eigenvalue weighted by atomic mass is 10.1. The van der Waals surface area contributed by atoms with E-state index in [1.807, 2.05) is 0 Å². The Morgan fingerprint density at radius 2 is 1.89 bits per heavy atom. The lowest BCUT2D eigenvalue weighted by Gasteiger charge is -2.16. The van der Waals surface area contributed by atoms with Crippen molar-refractivity contribution in [3.05, 3.63) is 35.4 Å². The van der Waals surface area contributed by atoms with Crippen molar-refractivity contribution in [2.24, 2.45) is 5.92 Å². The van der Waals surface area contributed by atoms with Crippen molar-refractivity contribution in [3.63, 3.8) is 0 Å². The van der Waals surface area contributed by atoms with E-state index in [9.17, 15) is 0 Å². The van der Waals surface area contributed by atoms with Crippen LogP contribution in [0.2, 0.25) is 0 Å². The van der Waals surface area contributed by atoms with E-state index in [-0.39, 0.29) is 0 Å². The molecule has 1 N–H and O–H groups in total. The van der Waals surface area contributed by atoms with Crippen LogP contribution < -0.4 is 5.32 Å². The fourth-order valence-corrected chi connectivity index (χ4v) is 2.68. The summed E-state index contributed by atoms with van der Waals surface area (Å²) in [4.78, 5) is 2.59. The van der Waals surface area contributed by atoms with Gasteiger partial charge in [0, 0.05) is 19.6 Å². The molecule has 1 unspecified atom stereocenters. The van der Waals surface area contributed by atoms with Crippen LogP contribution in [0.3, 0.4) is 0 Å². The third kappa shape index (κ3) is 3.82. The molecule has 2 nitrogen and oxygen atoms in total. The lowest BCUT2D eigenvalue weighted by Crippen LogP contribution is -2.20. The SMILES string of the molecule is CCNCc1ccc(CN2CCC(CC)C2)cc1. The molecule has 18 heavy (non-hydrogen) atoms. The number of nitrogens with one attached hydrogen (secondary N) is 1. The molecule has 1 saturated heterocycles. The van der Waals surface area contributed by atoms with E-state index in [4.69, 9.17) is 0 Å². The van der Waals surface area contributed by atoms with Gasteiger partial charge >= 0.3 is 0 Å². The maximum absolute atomic E-state index is 3.36. The summed E-state index contributed by atoms with van der Waals surface area (Å²) in [7, 11) is 0. The van der Waals surface area contributed by atoms with Gasteiger partial charge in [-0.15, -0.1) is 0 Å². The van der Waals surface area contributed by atoms with E-state index < -0.39 is 0 Å². The van der Waals surface area contributed by atoms with Crippen LogP contribution in [-0.2, 0) is 13.1 Å². The minimum atomic E-state index is 0.929. The van der Waals surface area contributed by atoms with Gasteiger partial charge in [-0.05, 0) is 36.6 Å².